The van der Waals surface area contributed by atoms with E-state index in [0.717, 1.165) is 26.1 Å². The van der Waals surface area contributed by atoms with Gasteiger partial charge in [0.1, 0.15) is 6.10 Å². The molecule has 0 aromatic heterocycles. The van der Waals surface area contributed by atoms with Gasteiger partial charge in [0.25, 0.3) is 0 Å². The lowest BCUT2D eigenvalue weighted by molar-refractivity contribution is -0.0441. The van der Waals surface area contributed by atoms with Gasteiger partial charge in [-0.15, -0.1) is 13.2 Å². The van der Waals surface area contributed by atoms with Gasteiger partial charge < -0.3 is 14.6 Å². The molecule has 0 aliphatic heterocycles. The normalized spacial score (nSPS) is 11.4. The third-order valence-corrected chi connectivity index (χ3v) is 7.62. The Morgan fingerprint density at radius 1 is 0.537 bits per heavy atom. The monoisotopic (exact) mass is 587 g/mol. The molecule has 0 radical (unpaired) electrons. The van der Waals surface area contributed by atoms with Crippen LogP contribution in [0.5, 0.6) is 0 Å². The van der Waals surface area contributed by atoms with Crippen LogP contribution in [0.2, 0.25) is 0 Å². The summed E-state index contributed by atoms with van der Waals surface area (Å²) in [5.74, 6) is 0. The predicted molar refractivity (Wildman–Crippen MR) is 188 cm³/mol. The van der Waals surface area contributed by atoms with Crippen LogP contribution in [0.25, 0.3) is 0 Å². The standard InChI is InChI=1S/C22H46O3.C9H20.C5H12.C2H4/c1-5-7-8-9-10-11-12-14-17-24-20-21(19-23)25-18-15-13-16-22(3,4)6-2;1-3-5-7-9-8-6-4-2;1-3-5-4-2;1-2/h21,23H,5-20H2,1-4H3;3-9H2,1-2H3;3-5H2,1-2H3;1-2H2. The quantitative estimate of drug-likeness (QED) is 0.0768. The predicted octanol–water partition coefficient (Wildman–Crippen LogP) is 12.9. The molecule has 1 atom stereocenters. The highest BCUT2D eigenvalue weighted by Crippen LogP contribution is 2.26. The first-order chi connectivity index (χ1) is 19.9. The van der Waals surface area contributed by atoms with Crippen molar-refractivity contribution in [3.8, 4) is 0 Å². The van der Waals surface area contributed by atoms with E-state index < -0.39 is 0 Å². The lowest BCUT2D eigenvalue weighted by Gasteiger charge is -2.22. The van der Waals surface area contributed by atoms with Crippen LogP contribution in [0.1, 0.15) is 197 Å². The summed E-state index contributed by atoms with van der Waals surface area (Å²) >= 11 is 0. The van der Waals surface area contributed by atoms with Crippen LogP contribution in [0.4, 0.5) is 0 Å². The number of ether oxygens (including phenoxy) is 2. The fourth-order valence-electron chi connectivity index (χ4n) is 4.22. The van der Waals surface area contributed by atoms with Crippen molar-refractivity contribution < 1.29 is 14.6 Å². The van der Waals surface area contributed by atoms with Crippen molar-refractivity contribution >= 4 is 0 Å². The summed E-state index contributed by atoms with van der Waals surface area (Å²) in [4.78, 5) is 0. The summed E-state index contributed by atoms with van der Waals surface area (Å²) in [6, 6.07) is 0. The fraction of sp³-hybridized carbons (Fsp3) is 0.947. The highest BCUT2D eigenvalue weighted by Gasteiger charge is 2.14. The van der Waals surface area contributed by atoms with Gasteiger partial charge in [-0.1, -0.05) is 177 Å². The van der Waals surface area contributed by atoms with E-state index in [-0.39, 0.29) is 12.7 Å². The molecule has 0 rings (SSSR count). The van der Waals surface area contributed by atoms with Crippen LogP contribution in [-0.2, 0) is 9.47 Å². The minimum Gasteiger partial charge on any atom is -0.394 e. The highest BCUT2D eigenvalue weighted by molar-refractivity contribution is 4.66. The van der Waals surface area contributed by atoms with Gasteiger partial charge >= 0.3 is 0 Å². The zero-order valence-corrected chi connectivity index (χ0v) is 30.1. The summed E-state index contributed by atoms with van der Waals surface area (Å²) in [7, 11) is 0. The van der Waals surface area contributed by atoms with E-state index in [2.05, 4.69) is 68.5 Å². The number of rotatable bonds is 27. The van der Waals surface area contributed by atoms with Gasteiger partial charge in [0.05, 0.1) is 13.2 Å². The maximum atomic E-state index is 9.39. The van der Waals surface area contributed by atoms with E-state index >= 15 is 0 Å². The molecule has 0 bridgehead atoms. The first-order valence-electron chi connectivity index (χ1n) is 18.2. The van der Waals surface area contributed by atoms with Gasteiger partial charge in [-0.25, -0.2) is 0 Å². The number of hydrogen-bond acceptors (Lipinski definition) is 3. The third-order valence-electron chi connectivity index (χ3n) is 7.62. The Labute approximate surface area is 262 Å². The molecular weight excluding hydrogens is 504 g/mol. The van der Waals surface area contributed by atoms with Gasteiger partial charge in [0.2, 0.25) is 0 Å². The van der Waals surface area contributed by atoms with Gasteiger partial charge in [0.15, 0.2) is 0 Å². The second kappa shape index (κ2) is 44.1. The van der Waals surface area contributed by atoms with Gasteiger partial charge in [0, 0.05) is 13.2 Å². The van der Waals surface area contributed by atoms with Crippen molar-refractivity contribution in [2.75, 3.05) is 26.4 Å². The van der Waals surface area contributed by atoms with Gasteiger partial charge in [-0.05, 0) is 24.7 Å². The Hall–Kier alpha value is -0.380. The zero-order valence-electron chi connectivity index (χ0n) is 30.1. The first-order valence-corrected chi connectivity index (χ1v) is 18.2. The van der Waals surface area contributed by atoms with E-state index in [4.69, 9.17) is 9.47 Å². The summed E-state index contributed by atoms with van der Waals surface area (Å²) in [6.45, 7) is 26.2. The Balaban J connectivity index is -0.000000349. The van der Waals surface area contributed by atoms with Crippen LogP contribution in [0.3, 0.4) is 0 Å². The molecule has 0 amide bonds. The molecule has 1 unspecified atom stereocenters. The molecule has 0 fully saturated rings. The number of aliphatic hydroxyl groups is 1. The lowest BCUT2D eigenvalue weighted by atomic mass is 9.85. The average molecular weight is 587 g/mol. The minimum atomic E-state index is -0.159. The van der Waals surface area contributed by atoms with E-state index in [1.165, 1.54) is 128 Å². The van der Waals surface area contributed by atoms with Gasteiger partial charge in [-0.2, -0.15) is 0 Å². The Kier molecular flexibility index (Phi) is 51.1. The van der Waals surface area contributed by atoms with Crippen LogP contribution < -0.4 is 0 Å². The number of aliphatic hydroxyl groups excluding tert-OH is 1. The summed E-state index contributed by atoms with van der Waals surface area (Å²) in [6.07, 6.45) is 29.1. The van der Waals surface area contributed by atoms with Crippen molar-refractivity contribution in [2.24, 2.45) is 5.41 Å². The maximum Gasteiger partial charge on any atom is 0.104 e. The molecule has 3 heteroatoms. The smallest absolute Gasteiger partial charge is 0.104 e. The average Bonchev–Trinajstić information content (AvgIpc) is 2.99. The Bertz CT molecular complexity index is 402. The fourth-order valence-corrected chi connectivity index (χ4v) is 4.22. The minimum absolute atomic E-state index is 0.0535. The number of unbranched alkanes of at least 4 members (excludes halogenated alkanes) is 16. The van der Waals surface area contributed by atoms with Crippen molar-refractivity contribution in [1.82, 2.24) is 0 Å². The van der Waals surface area contributed by atoms with Crippen LogP contribution in [-0.4, -0.2) is 37.6 Å². The molecule has 0 aliphatic carbocycles. The third kappa shape index (κ3) is 49.6. The highest BCUT2D eigenvalue weighted by atomic mass is 16.5. The van der Waals surface area contributed by atoms with E-state index in [1.54, 1.807) is 0 Å². The second-order valence-electron chi connectivity index (χ2n) is 12.3. The van der Waals surface area contributed by atoms with Crippen molar-refractivity contribution in [2.45, 2.75) is 203 Å². The molecule has 41 heavy (non-hydrogen) atoms. The summed E-state index contributed by atoms with van der Waals surface area (Å²) in [5.41, 5.74) is 0.440. The Morgan fingerprint density at radius 2 is 0.927 bits per heavy atom. The summed E-state index contributed by atoms with van der Waals surface area (Å²) < 4.78 is 11.4. The molecule has 0 saturated heterocycles. The van der Waals surface area contributed by atoms with Crippen LogP contribution in [0, 0.1) is 5.41 Å². The van der Waals surface area contributed by atoms with Crippen molar-refractivity contribution in [1.29, 1.82) is 0 Å². The van der Waals surface area contributed by atoms with E-state index in [0.29, 0.717) is 12.0 Å². The molecule has 0 saturated carbocycles. The molecule has 0 aromatic rings. The lowest BCUT2D eigenvalue weighted by Crippen LogP contribution is -2.25. The van der Waals surface area contributed by atoms with E-state index in [9.17, 15) is 5.11 Å². The van der Waals surface area contributed by atoms with E-state index in [1.807, 2.05) is 0 Å². The molecule has 0 aromatic carbocycles. The molecule has 1 N–H and O–H groups in total. The van der Waals surface area contributed by atoms with Gasteiger partial charge in [-0.3, -0.25) is 0 Å². The van der Waals surface area contributed by atoms with Crippen LogP contribution >= 0.6 is 0 Å². The molecule has 0 heterocycles. The maximum absolute atomic E-state index is 9.39. The second-order valence-corrected chi connectivity index (χ2v) is 12.3. The number of hydrogen-bond donors (Lipinski definition) is 1. The summed E-state index contributed by atoms with van der Waals surface area (Å²) in [5, 5.41) is 9.39. The first kappa shape index (κ1) is 47.5. The molecule has 0 aliphatic rings. The van der Waals surface area contributed by atoms with Crippen LogP contribution in [0.15, 0.2) is 13.2 Å². The SMILES string of the molecule is C=C.CCCCC.CCCCCCCCC.CCCCCCCCCCOCC(CO)OCCCCC(C)(C)CC. The van der Waals surface area contributed by atoms with Crippen molar-refractivity contribution in [3.63, 3.8) is 0 Å². The topological polar surface area (TPSA) is 38.7 Å². The molecular formula is C38H82O3. The zero-order chi connectivity index (χ0) is 31.9. The molecule has 252 valence electrons. The molecule has 0 spiro atoms. The molecule has 3 nitrogen and oxygen atoms in total. The Morgan fingerprint density at radius 3 is 1.29 bits per heavy atom. The van der Waals surface area contributed by atoms with Crippen molar-refractivity contribution in [3.05, 3.63) is 13.2 Å². The largest absolute Gasteiger partial charge is 0.394 e.